The third kappa shape index (κ3) is 1.98. The predicted octanol–water partition coefficient (Wildman–Crippen LogP) is 2.60. The maximum absolute atomic E-state index is 5.60. The average molecular weight is 142 g/mol. The summed E-state index contributed by atoms with van der Waals surface area (Å²) in [5.41, 5.74) is 0. The van der Waals surface area contributed by atoms with Crippen LogP contribution >= 0.6 is 0 Å². The van der Waals surface area contributed by atoms with Crippen LogP contribution in [0, 0.1) is 5.92 Å². The Morgan fingerprint density at radius 2 is 2.20 bits per heavy atom. The van der Waals surface area contributed by atoms with E-state index in [1.807, 2.05) is 0 Å². The Morgan fingerprint density at radius 1 is 1.40 bits per heavy atom. The molecule has 0 amide bonds. The fourth-order valence-electron chi connectivity index (χ4n) is 1.59. The zero-order valence-corrected chi connectivity index (χ0v) is 7.10. The second-order valence-electron chi connectivity index (χ2n) is 3.25. The van der Waals surface area contributed by atoms with Crippen molar-refractivity contribution in [2.75, 3.05) is 6.61 Å². The van der Waals surface area contributed by atoms with Crippen molar-refractivity contribution in [2.24, 2.45) is 5.92 Å². The Hall–Kier alpha value is -0.0400. The van der Waals surface area contributed by atoms with E-state index in [0.717, 1.165) is 12.5 Å². The highest BCUT2D eigenvalue weighted by molar-refractivity contribution is 4.71. The molecule has 1 heteroatoms. The molecule has 2 atom stereocenters. The van der Waals surface area contributed by atoms with Gasteiger partial charge < -0.3 is 4.74 Å². The van der Waals surface area contributed by atoms with Gasteiger partial charge in [-0.15, -0.1) is 0 Å². The second-order valence-corrected chi connectivity index (χ2v) is 3.25. The third-order valence-corrected chi connectivity index (χ3v) is 2.35. The summed E-state index contributed by atoms with van der Waals surface area (Å²) in [6, 6.07) is 0. The van der Waals surface area contributed by atoms with Gasteiger partial charge in [0.15, 0.2) is 0 Å². The van der Waals surface area contributed by atoms with Gasteiger partial charge in [0.1, 0.15) is 0 Å². The first-order valence-electron chi connectivity index (χ1n) is 4.48. The van der Waals surface area contributed by atoms with Crippen LogP contribution in [-0.4, -0.2) is 12.7 Å². The molecule has 1 unspecified atom stereocenters. The van der Waals surface area contributed by atoms with Gasteiger partial charge in [0.2, 0.25) is 0 Å². The normalized spacial score (nSPS) is 33.0. The monoisotopic (exact) mass is 142 g/mol. The van der Waals surface area contributed by atoms with Crippen molar-refractivity contribution in [3.63, 3.8) is 0 Å². The lowest BCUT2D eigenvalue weighted by molar-refractivity contribution is 0.0993. The SMILES string of the molecule is CCCC1C[C@@H](CC)CO1. The van der Waals surface area contributed by atoms with Gasteiger partial charge in [0.25, 0.3) is 0 Å². The molecule has 1 aliphatic heterocycles. The highest BCUT2D eigenvalue weighted by Crippen LogP contribution is 2.24. The van der Waals surface area contributed by atoms with Crippen LogP contribution in [0.4, 0.5) is 0 Å². The smallest absolute Gasteiger partial charge is 0.0578 e. The van der Waals surface area contributed by atoms with Gasteiger partial charge in [0.05, 0.1) is 6.10 Å². The van der Waals surface area contributed by atoms with E-state index in [-0.39, 0.29) is 0 Å². The molecular weight excluding hydrogens is 124 g/mol. The highest BCUT2D eigenvalue weighted by Gasteiger charge is 2.22. The molecule has 1 rings (SSSR count). The van der Waals surface area contributed by atoms with E-state index in [2.05, 4.69) is 13.8 Å². The summed E-state index contributed by atoms with van der Waals surface area (Å²) >= 11 is 0. The van der Waals surface area contributed by atoms with Crippen LogP contribution in [0.25, 0.3) is 0 Å². The second kappa shape index (κ2) is 3.97. The molecule has 60 valence electrons. The molecular formula is C9H18O. The summed E-state index contributed by atoms with van der Waals surface area (Å²) in [4.78, 5) is 0. The Labute approximate surface area is 63.8 Å². The van der Waals surface area contributed by atoms with Gasteiger partial charge in [-0.3, -0.25) is 0 Å². The molecule has 0 bridgehead atoms. The van der Waals surface area contributed by atoms with Gasteiger partial charge in [-0.1, -0.05) is 26.7 Å². The summed E-state index contributed by atoms with van der Waals surface area (Å²) in [5, 5.41) is 0. The van der Waals surface area contributed by atoms with E-state index in [9.17, 15) is 0 Å². The maximum Gasteiger partial charge on any atom is 0.0578 e. The molecule has 1 fully saturated rings. The Kier molecular flexibility index (Phi) is 3.20. The summed E-state index contributed by atoms with van der Waals surface area (Å²) in [6.45, 7) is 5.49. The molecule has 1 aliphatic rings. The topological polar surface area (TPSA) is 9.23 Å². The van der Waals surface area contributed by atoms with Gasteiger partial charge >= 0.3 is 0 Å². The van der Waals surface area contributed by atoms with Crippen molar-refractivity contribution in [1.82, 2.24) is 0 Å². The quantitative estimate of drug-likeness (QED) is 0.588. The molecule has 1 heterocycles. The summed E-state index contributed by atoms with van der Waals surface area (Å²) in [5.74, 6) is 0.858. The number of hydrogen-bond donors (Lipinski definition) is 0. The third-order valence-electron chi connectivity index (χ3n) is 2.35. The molecule has 0 aromatic carbocycles. The van der Waals surface area contributed by atoms with E-state index in [1.165, 1.54) is 25.7 Å². The van der Waals surface area contributed by atoms with Crippen LogP contribution in [0.3, 0.4) is 0 Å². The fourth-order valence-corrected chi connectivity index (χ4v) is 1.59. The summed E-state index contributed by atoms with van der Waals surface area (Å²) in [6.07, 6.45) is 5.72. The molecule has 0 N–H and O–H groups in total. The summed E-state index contributed by atoms with van der Waals surface area (Å²) < 4.78 is 5.60. The lowest BCUT2D eigenvalue weighted by atomic mass is 10.0. The van der Waals surface area contributed by atoms with E-state index in [0.29, 0.717) is 6.10 Å². The molecule has 0 spiro atoms. The highest BCUT2D eigenvalue weighted by atomic mass is 16.5. The molecule has 1 nitrogen and oxygen atoms in total. The average Bonchev–Trinajstić information content (AvgIpc) is 2.37. The van der Waals surface area contributed by atoms with Gasteiger partial charge in [-0.05, 0) is 18.8 Å². The molecule has 0 aromatic rings. The van der Waals surface area contributed by atoms with Crippen LogP contribution in [-0.2, 0) is 4.74 Å². The van der Waals surface area contributed by atoms with Crippen molar-refractivity contribution in [3.8, 4) is 0 Å². The minimum atomic E-state index is 0.593. The van der Waals surface area contributed by atoms with Crippen molar-refractivity contribution in [1.29, 1.82) is 0 Å². The Morgan fingerprint density at radius 3 is 2.70 bits per heavy atom. The number of rotatable bonds is 3. The minimum Gasteiger partial charge on any atom is -0.378 e. The molecule has 0 saturated carbocycles. The van der Waals surface area contributed by atoms with E-state index in [1.54, 1.807) is 0 Å². The first kappa shape index (κ1) is 8.06. The number of ether oxygens (including phenoxy) is 1. The fraction of sp³-hybridized carbons (Fsp3) is 1.00. The van der Waals surface area contributed by atoms with E-state index in [4.69, 9.17) is 4.74 Å². The molecule has 0 aliphatic carbocycles. The zero-order chi connectivity index (χ0) is 7.40. The standard InChI is InChI=1S/C9H18O/c1-3-5-9-6-8(4-2)7-10-9/h8-9H,3-7H2,1-2H3/t8-,9?/m1/s1. The minimum absolute atomic E-state index is 0.593. The predicted molar refractivity (Wildman–Crippen MR) is 43.0 cm³/mol. The van der Waals surface area contributed by atoms with Gasteiger partial charge in [-0.25, -0.2) is 0 Å². The zero-order valence-electron chi connectivity index (χ0n) is 7.10. The van der Waals surface area contributed by atoms with Crippen molar-refractivity contribution in [2.45, 2.75) is 45.6 Å². The lowest BCUT2D eigenvalue weighted by Crippen LogP contribution is -2.03. The van der Waals surface area contributed by atoms with Crippen LogP contribution in [0.15, 0.2) is 0 Å². The Bertz CT molecular complexity index is 90.7. The van der Waals surface area contributed by atoms with Crippen molar-refractivity contribution < 1.29 is 4.74 Å². The Balaban J connectivity index is 2.15. The molecule has 10 heavy (non-hydrogen) atoms. The van der Waals surface area contributed by atoms with Crippen LogP contribution in [0.2, 0.25) is 0 Å². The van der Waals surface area contributed by atoms with Crippen LogP contribution in [0.5, 0.6) is 0 Å². The summed E-state index contributed by atoms with van der Waals surface area (Å²) in [7, 11) is 0. The van der Waals surface area contributed by atoms with Crippen LogP contribution in [0.1, 0.15) is 39.5 Å². The van der Waals surface area contributed by atoms with Crippen LogP contribution < -0.4 is 0 Å². The first-order valence-corrected chi connectivity index (χ1v) is 4.48. The maximum atomic E-state index is 5.60. The van der Waals surface area contributed by atoms with Crippen molar-refractivity contribution >= 4 is 0 Å². The molecule has 0 aromatic heterocycles. The van der Waals surface area contributed by atoms with E-state index < -0.39 is 0 Å². The largest absolute Gasteiger partial charge is 0.378 e. The lowest BCUT2D eigenvalue weighted by Gasteiger charge is -2.05. The first-order chi connectivity index (χ1) is 4.86. The number of hydrogen-bond acceptors (Lipinski definition) is 1. The molecule has 1 saturated heterocycles. The van der Waals surface area contributed by atoms with Gasteiger partial charge in [0, 0.05) is 6.61 Å². The van der Waals surface area contributed by atoms with E-state index >= 15 is 0 Å². The van der Waals surface area contributed by atoms with Crippen molar-refractivity contribution in [3.05, 3.63) is 0 Å². The van der Waals surface area contributed by atoms with Gasteiger partial charge in [-0.2, -0.15) is 0 Å². The molecule has 0 radical (unpaired) electrons.